The van der Waals surface area contributed by atoms with Gasteiger partial charge < -0.3 is 33.8 Å². The van der Waals surface area contributed by atoms with Gasteiger partial charge in [-0.05, 0) is 49.4 Å². The maximum absolute atomic E-state index is 13.0. The van der Waals surface area contributed by atoms with E-state index in [1.165, 1.54) is 122 Å². The number of rotatable bonds is 64. The smallest absolute Gasteiger partial charge is 0.462 e. The number of hydrogen-bond donors (Lipinski definition) is 3. The highest BCUT2D eigenvalue weighted by Gasteiger charge is 2.30. The summed E-state index contributed by atoms with van der Waals surface area (Å²) in [6, 6.07) is 0. The molecule has 0 rings (SSSR count). The predicted molar refractivity (Wildman–Crippen MR) is 344 cm³/mol. The molecular weight excluding hydrogens is 1140 g/mol. The number of unbranched alkanes of at least 4 members (excludes halogenated alkanes) is 29. The quantitative estimate of drug-likeness (QED) is 0.0222. The van der Waals surface area contributed by atoms with Crippen molar-refractivity contribution in [2.45, 2.75) is 343 Å². The zero-order chi connectivity index (χ0) is 63.9. The Morgan fingerprint density at radius 2 is 0.558 bits per heavy atom. The van der Waals surface area contributed by atoms with E-state index in [1.807, 2.05) is 0 Å². The van der Waals surface area contributed by atoms with Crippen LogP contribution in [0.15, 0.2) is 0 Å². The molecule has 0 amide bonds. The van der Waals surface area contributed by atoms with E-state index in [2.05, 4.69) is 55.4 Å². The van der Waals surface area contributed by atoms with E-state index in [-0.39, 0.29) is 25.7 Å². The van der Waals surface area contributed by atoms with Crippen LogP contribution in [-0.2, 0) is 65.4 Å². The molecule has 0 fully saturated rings. The highest BCUT2D eigenvalue weighted by molar-refractivity contribution is 7.47. The molecule has 17 nitrogen and oxygen atoms in total. The number of hydrogen-bond acceptors (Lipinski definition) is 15. The standard InChI is InChI=1S/C67H130O17P2/c1-9-60(8)46-38-30-24-26-34-42-50-67(72)84-63(53-77-64(69)47-39-31-21-17-12-10-11-15-19-27-35-43-57(2)3)56-82-86(75,76)80-52-61(68)51-79-85(73,74)81-55-62(54-78-65(70)48-40-32-25-23-29-37-45-59(6)7)83-66(71)49-41-33-22-18-14-13-16-20-28-36-44-58(4)5/h57-63,68H,9-56H2,1-8H3,(H,73,74)(H,75,76)/t60?,61-,62+,63+/m0/s1. The maximum Gasteiger partial charge on any atom is 0.472 e. The van der Waals surface area contributed by atoms with E-state index in [1.54, 1.807) is 0 Å². The zero-order valence-corrected chi connectivity index (χ0v) is 57.7. The molecule has 86 heavy (non-hydrogen) atoms. The van der Waals surface area contributed by atoms with Crippen LogP contribution in [0.2, 0.25) is 0 Å². The lowest BCUT2D eigenvalue weighted by molar-refractivity contribution is -0.161. The van der Waals surface area contributed by atoms with Crippen LogP contribution in [0.3, 0.4) is 0 Å². The molecule has 0 aromatic rings. The van der Waals surface area contributed by atoms with Crippen LogP contribution in [0.5, 0.6) is 0 Å². The molecule has 0 aliphatic heterocycles. The summed E-state index contributed by atoms with van der Waals surface area (Å²) in [5, 5.41) is 10.6. The predicted octanol–water partition coefficient (Wildman–Crippen LogP) is 18.5. The molecule has 0 saturated heterocycles. The number of aliphatic hydroxyl groups excluding tert-OH is 1. The van der Waals surface area contributed by atoms with Gasteiger partial charge in [0.1, 0.15) is 19.3 Å². The van der Waals surface area contributed by atoms with Gasteiger partial charge in [0, 0.05) is 25.7 Å². The number of esters is 4. The fraction of sp³-hybridized carbons (Fsp3) is 0.940. The summed E-state index contributed by atoms with van der Waals surface area (Å²) < 4.78 is 68.1. The van der Waals surface area contributed by atoms with Crippen LogP contribution in [0.1, 0.15) is 325 Å². The van der Waals surface area contributed by atoms with Crippen molar-refractivity contribution in [2.75, 3.05) is 39.6 Å². The van der Waals surface area contributed by atoms with Crippen molar-refractivity contribution in [2.24, 2.45) is 23.7 Å². The summed E-state index contributed by atoms with van der Waals surface area (Å²) in [5.41, 5.74) is 0. The second kappa shape index (κ2) is 57.0. The second-order valence-electron chi connectivity index (χ2n) is 25.9. The van der Waals surface area contributed by atoms with Crippen molar-refractivity contribution < 1.29 is 80.2 Å². The Balaban J connectivity index is 5.24. The molecular formula is C67H130O17P2. The van der Waals surface area contributed by atoms with Gasteiger partial charge in [-0.3, -0.25) is 37.3 Å². The van der Waals surface area contributed by atoms with Crippen LogP contribution in [0.4, 0.5) is 0 Å². The molecule has 3 N–H and O–H groups in total. The summed E-state index contributed by atoms with van der Waals surface area (Å²) >= 11 is 0. The van der Waals surface area contributed by atoms with E-state index in [4.69, 9.17) is 37.0 Å². The first-order chi connectivity index (χ1) is 41.1. The lowest BCUT2D eigenvalue weighted by Gasteiger charge is -2.21. The molecule has 3 unspecified atom stereocenters. The van der Waals surface area contributed by atoms with Crippen LogP contribution in [0.25, 0.3) is 0 Å². The average Bonchev–Trinajstić information content (AvgIpc) is 3.64. The summed E-state index contributed by atoms with van der Waals surface area (Å²) in [4.78, 5) is 72.3. The van der Waals surface area contributed by atoms with E-state index >= 15 is 0 Å². The van der Waals surface area contributed by atoms with Gasteiger partial charge in [0.25, 0.3) is 0 Å². The number of carbonyl (C=O) groups excluding carboxylic acids is 4. The molecule has 0 spiro atoms. The van der Waals surface area contributed by atoms with Gasteiger partial charge in [-0.15, -0.1) is 0 Å². The number of ether oxygens (including phenoxy) is 4. The largest absolute Gasteiger partial charge is 0.472 e. The molecule has 0 aliphatic carbocycles. The highest BCUT2D eigenvalue weighted by atomic mass is 31.2. The Kier molecular flexibility index (Phi) is 55.7. The number of phosphoric ester groups is 2. The van der Waals surface area contributed by atoms with Crippen molar-refractivity contribution in [3.8, 4) is 0 Å². The molecule has 0 radical (unpaired) electrons. The summed E-state index contributed by atoms with van der Waals surface area (Å²) in [7, 11) is -9.90. The molecule has 510 valence electrons. The first kappa shape index (κ1) is 84.1. The van der Waals surface area contributed by atoms with Gasteiger partial charge in [0.2, 0.25) is 0 Å². The SMILES string of the molecule is CCC(C)CCCCCCCCC(=O)O[C@H](COC(=O)CCCCCCCCCCCCCC(C)C)COP(=O)(O)OC[C@@H](O)COP(=O)(O)OC[C@@H](COC(=O)CCCCCCCCC(C)C)OC(=O)CCCCCCCCCCCCC(C)C. The van der Waals surface area contributed by atoms with Crippen LogP contribution in [-0.4, -0.2) is 96.7 Å². The molecule has 0 aromatic carbocycles. The van der Waals surface area contributed by atoms with Crippen molar-refractivity contribution in [1.29, 1.82) is 0 Å². The van der Waals surface area contributed by atoms with Crippen LogP contribution in [0, 0.1) is 23.7 Å². The van der Waals surface area contributed by atoms with Crippen molar-refractivity contribution in [3.05, 3.63) is 0 Å². The molecule has 0 heterocycles. The minimum atomic E-state index is -4.95. The Hall–Kier alpha value is -1.94. The molecule has 19 heteroatoms. The van der Waals surface area contributed by atoms with Crippen molar-refractivity contribution in [1.82, 2.24) is 0 Å². The topological polar surface area (TPSA) is 237 Å². The number of aliphatic hydroxyl groups is 1. The van der Waals surface area contributed by atoms with Gasteiger partial charge in [-0.2, -0.15) is 0 Å². The second-order valence-corrected chi connectivity index (χ2v) is 28.8. The van der Waals surface area contributed by atoms with E-state index in [9.17, 15) is 43.2 Å². The lowest BCUT2D eigenvalue weighted by atomic mass is 10.00. The summed E-state index contributed by atoms with van der Waals surface area (Å²) in [6.45, 7) is 14.0. The van der Waals surface area contributed by atoms with Crippen LogP contribution < -0.4 is 0 Å². The summed E-state index contributed by atoms with van der Waals surface area (Å²) in [6.07, 6.45) is 37.7. The Morgan fingerprint density at radius 1 is 0.326 bits per heavy atom. The van der Waals surface area contributed by atoms with E-state index < -0.39 is 97.5 Å². The average molecular weight is 1270 g/mol. The van der Waals surface area contributed by atoms with E-state index in [0.29, 0.717) is 31.6 Å². The highest BCUT2D eigenvalue weighted by Crippen LogP contribution is 2.45. The fourth-order valence-electron chi connectivity index (χ4n) is 9.93. The van der Waals surface area contributed by atoms with Gasteiger partial charge in [-0.25, -0.2) is 9.13 Å². The molecule has 0 saturated carbocycles. The van der Waals surface area contributed by atoms with Crippen LogP contribution >= 0.6 is 15.6 Å². The fourth-order valence-corrected chi connectivity index (χ4v) is 11.5. The molecule has 0 aromatic heterocycles. The van der Waals surface area contributed by atoms with Crippen molar-refractivity contribution in [3.63, 3.8) is 0 Å². The molecule has 6 atom stereocenters. The number of phosphoric acid groups is 2. The van der Waals surface area contributed by atoms with Gasteiger partial charge >= 0.3 is 39.5 Å². The normalized spacial score (nSPS) is 14.7. The summed E-state index contributed by atoms with van der Waals surface area (Å²) in [5.74, 6) is 0.785. The molecule has 0 bridgehead atoms. The molecule has 0 aliphatic rings. The Labute approximate surface area is 524 Å². The van der Waals surface area contributed by atoms with Gasteiger partial charge in [-0.1, -0.05) is 274 Å². The zero-order valence-electron chi connectivity index (χ0n) is 55.9. The minimum absolute atomic E-state index is 0.102. The minimum Gasteiger partial charge on any atom is -0.462 e. The maximum atomic E-state index is 13.0. The third kappa shape index (κ3) is 59.7. The van der Waals surface area contributed by atoms with Crippen molar-refractivity contribution >= 4 is 39.5 Å². The monoisotopic (exact) mass is 1270 g/mol. The Morgan fingerprint density at radius 3 is 0.826 bits per heavy atom. The first-order valence-electron chi connectivity index (χ1n) is 34.7. The van der Waals surface area contributed by atoms with Gasteiger partial charge in [0.05, 0.1) is 26.4 Å². The number of carbonyl (C=O) groups is 4. The Bertz CT molecular complexity index is 1720. The first-order valence-corrected chi connectivity index (χ1v) is 37.7. The van der Waals surface area contributed by atoms with E-state index in [0.717, 1.165) is 114 Å². The third-order valence-electron chi connectivity index (χ3n) is 15.7. The third-order valence-corrected chi connectivity index (χ3v) is 17.6. The lowest BCUT2D eigenvalue weighted by Crippen LogP contribution is -2.30. The van der Waals surface area contributed by atoms with Gasteiger partial charge in [0.15, 0.2) is 12.2 Å².